The molecule has 0 aromatic heterocycles. The number of aliphatic hydroxyl groups is 1. The van der Waals surface area contributed by atoms with Gasteiger partial charge in [0.25, 0.3) is 0 Å². The Labute approximate surface area is 145 Å². The Kier molecular flexibility index (Phi) is 6.19. The van der Waals surface area contributed by atoms with Crippen LogP contribution in [0.25, 0.3) is 0 Å². The lowest BCUT2D eigenvalue weighted by Gasteiger charge is -2.45. The molecule has 0 aromatic rings. The average molecular weight is 359 g/mol. The monoisotopic (exact) mass is 358 g/mol. The molecule has 5 heteroatoms. The van der Waals surface area contributed by atoms with E-state index in [-0.39, 0.29) is 22.3 Å². The zero-order valence-corrected chi connectivity index (χ0v) is 18.9. The van der Waals surface area contributed by atoms with Crippen LogP contribution in [0.4, 0.5) is 0 Å². The zero-order chi connectivity index (χ0) is 18.3. The fourth-order valence-electron chi connectivity index (χ4n) is 2.11. The van der Waals surface area contributed by atoms with Crippen LogP contribution in [0, 0.1) is 0 Å². The van der Waals surface area contributed by atoms with Crippen LogP contribution in [-0.4, -0.2) is 40.1 Å². The van der Waals surface area contributed by atoms with Gasteiger partial charge in [0.05, 0.1) is 18.3 Å². The van der Waals surface area contributed by atoms with Crippen molar-refractivity contribution in [1.29, 1.82) is 0 Å². The van der Waals surface area contributed by atoms with E-state index in [2.05, 4.69) is 67.7 Å². The van der Waals surface area contributed by atoms with Gasteiger partial charge in [-0.1, -0.05) is 53.7 Å². The van der Waals surface area contributed by atoms with Gasteiger partial charge in [-0.05, 0) is 36.3 Å². The first kappa shape index (κ1) is 21.1. The normalized spacial score (nSPS) is 27.3. The third-order valence-electron chi connectivity index (χ3n) is 5.85. The molecule has 1 aliphatic carbocycles. The quantitative estimate of drug-likeness (QED) is 0.562. The maximum atomic E-state index is 10.1. The minimum atomic E-state index is -1.89. The summed E-state index contributed by atoms with van der Waals surface area (Å²) in [6, 6.07) is 0. The summed E-state index contributed by atoms with van der Waals surface area (Å²) in [5, 5.41) is 10.4. The average Bonchev–Trinajstić information content (AvgIpc) is 2.29. The highest BCUT2D eigenvalue weighted by Gasteiger charge is 2.45. The van der Waals surface area contributed by atoms with Crippen molar-refractivity contribution in [1.82, 2.24) is 0 Å². The molecule has 1 N–H and O–H groups in total. The van der Waals surface area contributed by atoms with Gasteiger partial charge in [0.2, 0.25) is 0 Å². The van der Waals surface area contributed by atoms with E-state index in [9.17, 15) is 5.11 Å². The lowest BCUT2D eigenvalue weighted by molar-refractivity contribution is 0.0232. The molecule has 3 nitrogen and oxygen atoms in total. The number of aliphatic hydroxyl groups excluding tert-OH is 1. The second-order valence-corrected chi connectivity index (χ2v) is 19.5. The van der Waals surface area contributed by atoms with Gasteiger partial charge in [-0.3, -0.25) is 0 Å². The number of rotatable bonds is 4. The topological polar surface area (TPSA) is 38.7 Å². The first-order valence-corrected chi connectivity index (χ1v) is 14.6. The van der Waals surface area contributed by atoms with E-state index in [0.717, 1.165) is 0 Å². The van der Waals surface area contributed by atoms with Crippen molar-refractivity contribution in [3.63, 3.8) is 0 Å². The van der Waals surface area contributed by atoms with Crippen molar-refractivity contribution in [2.75, 3.05) is 0 Å². The van der Waals surface area contributed by atoms with Gasteiger partial charge in [0.1, 0.15) is 0 Å². The van der Waals surface area contributed by atoms with Crippen molar-refractivity contribution < 1.29 is 14.0 Å². The van der Waals surface area contributed by atoms with Gasteiger partial charge in [-0.15, -0.1) is 0 Å². The highest BCUT2D eigenvalue weighted by atomic mass is 28.4. The SMILES string of the molecule is CC(C)(C)[Si](C)(C)O[C@H]1C=C[C@H](O)C[C@H]1O[Si](C)(C)C(C)(C)C. The summed E-state index contributed by atoms with van der Waals surface area (Å²) in [7, 11) is -3.77. The molecule has 1 aliphatic rings. The maximum absolute atomic E-state index is 10.1. The fourth-order valence-corrected chi connectivity index (χ4v) is 4.72. The van der Waals surface area contributed by atoms with Gasteiger partial charge < -0.3 is 14.0 Å². The largest absolute Gasteiger partial charge is 0.411 e. The lowest BCUT2D eigenvalue weighted by Crippen LogP contribution is -2.53. The van der Waals surface area contributed by atoms with Crippen molar-refractivity contribution in [3.05, 3.63) is 12.2 Å². The van der Waals surface area contributed by atoms with Crippen LogP contribution in [0.1, 0.15) is 48.0 Å². The summed E-state index contributed by atoms with van der Waals surface area (Å²) in [5.41, 5.74) is 0. The van der Waals surface area contributed by atoms with Crippen LogP contribution in [0.15, 0.2) is 12.2 Å². The molecule has 136 valence electrons. The number of hydrogen-bond donors (Lipinski definition) is 1. The highest BCUT2D eigenvalue weighted by Crippen LogP contribution is 2.41. The van der Waals surface area contributed by atoms with Crippen LogP contribution in [-0.2, 0) is 8.85 Å². The summed E-state index contributed by atoms with van der Waals surface area (Å²) in [6.07, 6.45) is 3.99. The Hall–Kier alpha value is 0.0538. The summed E-state index contributed by atoms with van der Waals surface area (Å²) in [4.78, 5) is 0. The molecule has 3 atom stereocenters. The molecule has 0 fully saturated rings. The van der Waals surface area contributed by atoms with Gasteiger partial charge in [-0.25, -0.2) is 0 Å². The highest BCUT2D eigenvalue weighted by molar-refractivity contribution is 6.74. The van der Waals surface area contributed by atoms with Gasteiger partial charge >= 0.3 is 0 Å². The first-order chi connectivity index (χ1) is 10.1. The second-order valence-electron chi connectivity index (χ2n) is 9.95. The van der Waals surface area contributed by atoms with Crippen molar-refractivity contribution >= 4 is 16.6 Å². The van der Waals surface area contributed by atoms with Gasteiger partial charge in [-0.2, -0.15) is 0 Å². The zero-order valence-electron chi connectivity index (χ0n) is 16.9. The van der Waals surface area contributed by atoms with E-state index in [1.165, 1.54) is 0 Å². The Morgan fingerprint density at radius 2 is 1.26 bits per heavy atom. The third-order valence-corrected chi connectivity index (χ3v) is 14.8. The van der Waals surface area contributed by atoms with E-state index < -0.39 is 22.7 Å². The Balaban J connectivity index is 2.98. The maximum Gasteiger partial charge on any atom is 0.193 e. The van der Waals surface area contributed by atoms with Crippen LogP contribution in [0.2, 0.25) is 36.3 Å². The molecule has 0 saturated carbocycles. The molecule has 0 heterocycles. The summed E-state index contributed by atoms with van der Waals surface area (Å²) >= 11 is 0. The molecule has 0 unspecified atom stereocenters. The molecular formula is C18H38O3Si2. The molecule has 0 aromatic carbocycles. The van der Waals surface area contributed by atoms with Crippen LogP contribution in [0.5, 0.6) is 0 Å². The molecule has 0 saturated heterocycles. The molecule has 0 radical (unpaired) electrons. The fraction of sp³-hybridized carbons (Fsp3) is 0.889. The molecule has 0 spiro atoms. The molecule has 0 bridgehead atoms. The molecule has 23 heavy (non-hydrogen) atoms. The van der Waals surface area contributed by atoms with Crippen LogP contribution in [0.3, 0.4) is 0 Å². The first-order valence-electron chi connectivity index (χ1n) is 8.79. The van der Waals surface area contributed by atoms with E-state index in [0.29, 0.717) is 6.42 Å². The van der Waals surface area contributed by atoms with Crippen molar-refractivity contribution in [3.8, 4) is 0 Å². The summed E-state index contributed by atoms with van der Waals surface area (Å²) in [6.45, 7) is 22.6. The van der Waals surface area contributed by atoms with Crippen molar-refractivity contribution in [2.45, 2.75) is 103 Å². The second kappa shape index (κ2) is 6.75. The minimum Gasteiger partial charge on any atom is -0.411 e. The smallest absolute Gasteiger partial charge is 0.193 e. The Bertz CT molecular complexity index is 431. The van der Waals surface area contributed by atoms with E-state index in [1.54, 1.807) is 0 Å². The number of hydrogen-bond acceptors (Lipinski definition) is 3. The molecular weight excluding hydrogens is 320 g/mol. The van der Waals surface area contributed by atoms with E-state index in [1.807, 2.05) is 12.2 Å². The van der Waals surface area contributed by atoms with Crippen molar-refractivity contribution in [2.24, 2.45) is 0 Å². The van der Waals surface area contributed by atoms with E-state index in [4.69, 9.17) is 8.85 Å². The standard InChI is InChI=1S/C18H38O3Si2/c1-17(2,3)22(7,8)20-15-12-11-14(19)13-16(15)21-23(9,10)18(4,5)6/h11-12,14-16,19H,13H2,1-10H3/t14-,15-,16+/m0/s1. The Morgan fingerprint density at radius 3 is 1.70 bits per heavy atom. The Morgan fingerprint density at radius 1 is 0.826 bits per heavy atom. The summed E-state index contributed by atoms with van der Waals surface area (Å²) in [5.74, 6) is 0. The van der Waals surface area contributed by atoms with Crippen LogP contribution < -0.4 is 0 Å². The predicted molar refractivity (Wildman–Crippen MR) is 104 cm³/mol. The van der Waals surface area contributed by atoms with E-state index >= 15 is 0 Å². The lowest BCUT2D eigenvalue weighted by atomic mass is 10.00. The molecule has 1 rings (SSSR count). The molecule has 0 amide bonds. The summed E-state index contributed by atoms with van der Waals surface area (Å²) < 4.78 is 13.2. The van der Waals surface area contributed by atoms with Crippen LogP contribution >= 0.6 is 0 Å². The minimum absolute atomic E-state index is 0.0478. The van der Waals surface area contributed by atoms with Gasteiger partial charge in [0, 0.05) is 6.42 Å². The van der Waals surface area contributed by atoms with Gasteiger partial charge in [0.15, 0.2) is 16.6 Å². The third kappa shape index (κ3) is 5.26. The molecule has 0 aliphatic heterocycles. The predicted octanol–water partition coefficient (Wildman–Crippen LogP) is 5.09.